The third-order valence-electron chi connectivity index (χ3n) is 2.63. The van der Waals surface area contributed by atoms with Gasteiger partial charge in [0.2, 0.25) is 0 Å². The van der Waals surface area contributed by atoms with Gasteiger partial charge in [-0.05, 0) is 53.0 Å². The van der Waals surface area contributed by atoms with Crippen molar-refractivity contribution in [2.45, 2.75) is 20.4 Å². The zero-order valence-corrected chi connectivity index (χ0v) is 11.7. The molecule has 2 aromatic rings. The van der Waals surface area contributed by atoms with E-state index in [9.17, 15) is 0 Å². The van der Waals surface area contributed by atoms with Crippen LogP contribution in [0.1, 0.15) is 11.1 Å². The molecular formula is C13H16BrN3. The highest BCUT2D eigenvalue weighted by Crippen LogP contribution is 2.27. The summed E-state index contributed by atoms with van der Waals surface area (Å²) in [7, 11) is 0. The number of rotatable bonds is 4. The largest absolute Gasteiger partial charge is 0.382 e. The Morgan fingerprint density at radius 1 is 1.35 bits per heavy atom. The Morgan fingerprint density at radius 3 is 2.82 bits per heavy atom. The van der Waals surface area contributed by atoms with Gasteiger partial charge in [0.1, 0.15) is 0 Å². The molecule has 4 heteroatoms. The van der Waals surface area contributed by atoms with E-state index in [4.69, 9.17) is 0 Å². The quantitative estimate of drug-likeness (QED) is 0.937. The Morgan fingerprint density at radius 2 is 2.18 bits per heavy atom. The average molecular weight is 294 g/mol. The van der Waals surface area contributed by atoms with Crippen LogP contribution < -0.4 is 5.32 Å². The minimum Gasteiger partial charge on any atom is -0.382 e. The molecule has 0 spiro atoms. The van der Waals surface area contributed by atoms with Crippen molar-refractivity contribution in [3.63, 3.8) is 0 Å². The van der Waals surface area contributed by atoms with E-state index in [-0.39, 0.29) is 0 Å². The Bertz CT molecular complexity index is 468. The molecule has 0 radical (unpaired) electrons. The van der Waals surface area contributed by atoms with Gasteiger partial charge in [-0.2, -0.15) is 5.10 Å². The molecule has 3 nitrogen and oxygen atoms in total. The number of aryl methyl sites for hydroxylation is 2. The SMILES string of the molecule is Cc1cc(C)c(NCCn2cccn2)c(Br)c1. The van der Waals surface area contributed by atoms with Crippen LogP contribution in [0, 0.1) is 13.8 Å². The van der Waals surface area contributed by atoms with Gasteiger partial charge in [-0.1, -0.05) is 6.07 Å². The molecule has 0 bridgehead atoms. The number of anilines is 1. The molecule has 1 aromatic carbocycles. The van der Waals surface area contributed by atoms with Crippen molar-refractivity contribution in [3.8, 4) is 0 Å². The molecule has 0 unspecified atom stereocenters. The normalized spacial score (nSPS) is 10.5. The summed E-state index contributed by atoms with van der Waals surface area (Å²) in [6.45, 7) is 5.95. The van der Waals surface area contributed by atoms with Crippen molar-refractivity contribution in [3.05, 3.63) is 46.2 Å². The molecule has 1 N–H and O–H groups in total. The van der Waals surface area contributed by atoms with Crippen LogP contribution in [0.25, 0.3) is 0 Å². The third kappa shape index (κ3) is 3.09. The highest BCUT2D eigenvalue weighted by Gasteiger charge is 2.04. The number of nitrogens with zero attached hydrogens (tertiary/aromatic N) is 2. The molecule has 1 aromatic heterocycles. The first kappa shape index (κ1) is 12.2. The van der Waals surface area contributed by atoms with E-state index in [1.807, 2.05) is 16.9 Å². The van der Waals surface area contributed by atoms with Gasteiger partial charge in [0.15, 0.2) is 0 Å². The Hall–Kier alpha value is -1.29. The lowest BCUT2D eigenvalue weighted by Gasteiger charge is -2.12. The van der Waals surface area contributed by atoms with Crippen molar-refractivity contribution >= 4 is 21.6 Å². The molecule has 17 heavy (non-hydrogen) atoms. The summed E-state index contributed by atoms with van der Waals surface area (Å²) in [5.41, 5.74) is 3.70. The number of nitrogens with one attached hydrogen (secondary N) is 1. The van der Waals surface area contributed by atoms with E-state index in [2.05, 4.69) is 52.3 Å². The summed E-state index contributed by atoms with van der Waals surface area (Å²) < 4.78 is 3.04. The topological polar surface area (TPSA) is 29.9 Å². The second kappa shape index (κ2) is 5.36. The molecule has 0 saturated heterocycles. The van der Waals surface area contributed by atoms with Crippen LogP contribution in [0.2, 0.25) is 0 Å². The molecule has 0 saturated carbocycles. The van der Waals surface area contributed by atoms with Crippen molar-refractivity contribution in [2.24, 2.45) is 0 Å². The van der Waals surface area contributed by atoms with Crippen LogP contribution in [-0.2, 0) is 6.54 Å². The molecular weight excluding hydrogens is 278 g/mol. The zero-order valence-electron chi connectivity index (χ0n) is 10.1. The van der Waals surface area contributed by atoms with Crippen molar-refractivity contribution in [1.29, 1.82) is 0 Å². The molecule has 0 aliphatic heterocycles. The van der Waals surface area contributed by atoms with E-state index in [0.29, 0.717) is 0 Å². The maximum atomic E-state index is 4.17. The Labute approximate surface area is 110 Å². The van der Waals surface area contributed by atoms with E-state index < -0.39 is 0 Å². The first-order valence-electron chi connectivity index (χ1n) is 5.65. The lowest BCUT2D eigenvalue weighted by molar-refractivity contribution is 0.637. The van der Waals surface area contributed by atoms with Gasteiger partial charge in [-0.25, -0.2) is 0 Å². The number of hydrogen-bond acceptors (Lipinski definition) is 2. The lowest BCUT2D eigenvalue weighted by atomic mass is 10.1. The maximum Gasteiger partial charge on any atom is 0.0582 e. The van der Waals surface area contributed by atoms with Crippen molar-refractivity contribution < 1.29 is 0 Å². The first-order chi connectivity index (χ1) is 8.16. The van der Waals surface area contributed by atoms with E-state index in [1.165, 1.54) is 16.8 Å². The lowest BCUT2D eigenvalue weighted by Crippen LogP contribution is -2.11. The molecule has 2 rings (SSSR count). The minimum atomic E-state index is 0.865. The van der Waals surface area contributed by atoms with E-state index in [1.54, 1.807) is 6.20 Å². The van der Waals surface area contributed by atoms with Crippen LogP contribution in [0.5, 0.6) is 0 Å². The predicted octanol–water partition coefficient (Wildman–Crippen LogP) is 3.37. The predicted molar refractivity (Wildman–Crippen MR) is 74.3 cm³/mol. The number of halogens is 1. The third-order valence-corrected chi connectivity index (χ3v) is 3.26. The molecule has 0 amide bonds. The number of aromatic nitrogens is 2. The molecule has 0 fully saturated rings. The summed E-state index contributed by atoms with van der Waals surface area (Å²) in [6.07, 6.45) is 3.77. The van der Waals surface area contributed by atoms with Crippen LogP contribution in [-0.4, -0.2) is 16.3 Å². The first-order valence-corrected chi connectivity index (χ1v) is 6.44. The minimum absolute atomic E-state index is 0.865. The smallest absolute Gasteiger partial charge is 0.0582 e. The molecule has 0 aliphatic carbocycles. The fraction of sp³-hybridized carbons (Fsp3) is 0.308. The maximum absolute atomic E-state index is 4.17. The summed E-state index contributed by atoms with van der Waals surface area (Å²) in [6, 6.07) is 6.25. The second-order valence-corrected chi connectivity index (χ2v) is 4.99. The zero-order chi connectivity index (χ0) is 12.3. The standard InChI is InChI=1S/C13H16BrN3/c1-10-8-11(2)13(12(14)9-10)15-5-7-17-6-3-4-16-17/h3-4,6,8-9,15H,5,7H2,1-2H3. The summed E-state index contributed by atoms with van der Waals surface area (Å²) >= 11 is 3.59. The summed E-state index contributed by atoms with van der Waals surface area (Å²) in [4.78, 5) is 0. The van der Waals surface area contributed by atoms with Gasteiger partial charge in [0.25, 0.3) is 0 Å². The fourth-order valence-electron chi connectivity index (χ4n) is 1.87. The van der Waals surface area contributed by atoms with Gasteiger partial charge in [0, 0.05) is 23.4 Å². The van der Waals surface area contributed by atoms with Crippen LogP contribution in [0.3, 0.4) is 0 Å². The number of benzene rings is 1. The fourth-order valence-corrected chi connectivity index (χ4v) is 2.68. The molecule has 0 aliphatic rings. The van der Waals surface area contributed by atoms with E-state index in [0.717, 1.165) is 17.6 Å². The Kier molecular flexibility index (Phi) is 3.84. The number of hydrogen-bond donors (Lipinski definition) is 1. The molecule has 0 atom stereocenters. The van der Waals surface area contributed by atoms with E-state index >= 15 is 0 Å². The average Bonchev–Trinajstić information content (AvgIpc) is 2.74. The van der Waals surface area contributed by atoms with Gasteiger partial charge < -0.3 is 5.32 Å². The van der Waals surface area contributed by atoms with Gasteiger partial charge in [-0.15, -0.1) is 0 Å². The van der Waals surface area contributed by atoms with Crippen LogP contribution in [0.4, 0.5) is 5.69 Å². The monoisotopic (exact) mass is 293 g/mol. The van der Waals surface area contributed by atoms with Crippen molar-refractivity contribution in [1.82, 2.24) is 9.78 Å². The van der Waals surface area contributed by atoms with Gasteiger partial charge in [-0.3, -0.25) is 4.68 Å². The van der Waals surface area contributed by atoms with Crippen LogP contribution >= 0.6 is 15.9 Å². The Balaban J connectivity index is 1.99. The van der Waals surface area contributed by atoms with Crippen molar-refractivity contribution in [2.75, 3.05) is 11.9 Å². The van der Waals surface area contributed by atoms with Gasteiger partial charge >= 0.3 is 0 Å². The summed E-state index contributed by atoms with van der Waals surface area (Å²) in [5.74, 6) is 0. The summed E-state index contributed by atoms with van der Waals surface area (Å²) in [5, 5.41) is 7.61. The molecule has 1 heterocycles. The highest BCUT2D eigenvalue weighted by molar-refractivity contribution is 9.10. The highest BCUT2D eigenvalue weighted by atomic mass is 79.9. The van der Waals surface area contributed by atoms with Gasteiger partial charge in [0.05, 0.1) is 12.2 Å². The second-order valence-electron chi connectivity index (χ2n) is 4.13. The van der Waals surface area contributed by atoms with Crippen LogP contribution in [0.15, 0.2) is 35.1 Å². The molecule has 90 valence electrons.